The third-order valence-electron chi connectivity index (χ3n) is 17.7. The average Bonchev–Trinajstić information content (AvgIpc) is 0.956. The number of nitrogens with one attached hydrogen (secondary N) is 12. The molecule has 35 heteroatoms. The minimum Gasteiger partial charge on any atom is -0.465 e. The van der Waals surface area contributed by atoms with Crippen molar-refractivity contribution in [3.8, 4) is 0 Å². The summed E-state index contributed by atoms with van der Waals surface area (Å²) < 4.78 is 26.9. The predicted molar refractivity (Wildman–Crippen MR) is 419 cm³/mol. The van der Waals surface area contributed by atoms with E-state index in [2.05, 4.69) is 63.8 Å². The molecule has 1 saturated heterocycles. The normalized spacial score (nSPS) is 20.3. The highest BCUT2D eigenvalue weighted by molar-refractivity contribution is 5.99. The number of hydrogen-bond donors (Lipinski definition) is 14. The highest BCUT2D eigenvalue weighted by Crippen LogP contribution is 2.24. The molecule has 0 aromatic heterocycles. The Bertz CT molecular complexity index is 3410. The van der Waals surface area contributed by atoms with Gasteiger partial charge in [-0.2, -0.15) is 0 Å². The van der Waals surface area contributed by atoms with Gasteiger partial charge in [0, 0.05) is 70.2 Å². The van der Waals surface area contributed by atoms with Gasteiger partial charge in [0.1, 0.15) is 53.2 Å². The van der Waals surface area contributed by atoms with Gasteiger partial charge in [0.2, 0.25) is 47.3 Å². The second-order valence-electron chi connectivity index (χ2n) is 33.7. The molecule has 1 heterocycles. The number of alkyl carbamates (subject to hydrolysis) is 4. The smallest absolute Gasteiger partial charge is 0.407 e. The van der Waals surface area contributed by atoms with Gasteiger partial charge in [0.05, 0.1) is 48.1 Å². The molecule has 1 aromatic carbocycles. The van der Waals surface area contributed by atoms with Crippen molar-refractivity contribution in [2.24, 2.45) is 29.1 Å². The fraction of sp³-hybridized carbons (Fsp3) is 0.722. The van der Waals surface area contributed by atoms with Crippen LogP contribution in [-0.2, 0) is 87.6 Å². The van der Waals surface area contributed by atoms with Crippen LogP contribution in [0.5, 0.6) is 0 Å². The van der Waals surface area contributed by atoms with E-state index in [1.165, 1.54) is 6.92 Å². The molecule has 0 saturated carbocycles. The number of esters is 1. The van der Waals surface area contributed by atoms with Crippen LogP contribution in [0.15, 0.2) is 30.3 Å². The number of carbonyl (C=O) groups excluding carboxylic acids is 16. The van der Waals surface area contributed by atoms with Crippen LogP contribution in [0.4, 0.5) is 19.2 Å². The molecule has 2 unspecified atom stereocenters. The summed E-state index contributed by atoms with van der Waals surface area (Å²) in [4.78, 5) is 226. The molecule has 35 nitrogen and oxygen atoms in total. The van der Waals surface area contributed by atoms with Gasteiger partial charge in [0.25, 0.3) is 0 Å². The van der Waals surface area contributed by atoms with Crippen LogP contribution >= 0.6 is 0 Å². The molecule has 644 valence electrons. The lowest BCUT2D eigenvalue weighted by Gasteiger charge is -2.28. The summed E-state index contributed by atoms with van der Waals surface area (Å²) in [5, 5.41) is 53.5. The number of aliphatic hydroxyl groups is 2. The molecule has 0 radical (unpaired) electrons. The summed E-state index contributed by atoms with van der Waals surface area (Å²) in [6.07, 6.45) is -11.6. The first-order valence-corrected chi connectivity index (χ1v) is 39.2. The monoisotopic (exact) mass is 1610 g/mol. The minimum absolute atomic E-state index is 0.0161. The number of benzene rings is 1. The second-order valence-corrected chi connectivity index (χ2v) is 33.7. The number of aliphatic hydroxyl groups excluding tert-OH is 2. The topological polar surface area (TPSA) is 504 Å². The van der Waals surface area contributed by atoms with Gasteiger partial charge >= 0.3 is 30.3 Å². The highest BCUT2D eigenvalue weighted by atomic mass is 16.6. The van der Waals surface area contributed by atoms with E-state index in [0.717, 1.165) is 6.92 Å². The molecule has 1 aliphatic rings. The predicted octanol–water partition coefficient (Wildman–Crippen LogP) is 4.12. The summed E-state index contributed by atoms with van der Waals surface area (Å²) >= 11 is 0. The van der Waals surface area contributed by atoms with Crippen molar-refractivity contribution in [2.45, 2.75) is 299 Å². The van der Waals surface area contributed by atoms with Gasteiger partial charge in [-0.05, 0) is 174 Å². The number of hydrogen-bond acceptors (Lipinski definition) is 23. The summed E-state index contributed by atoms with van der Waals surface area (Å²) in [5.41, 5.74) is -4.27. The summed E-state index contributed by atoms with van der Waals surface area (Å²) in [5.74, 6) is -16.0. The van der Waals surface area contributed by atoms with E-state index in [0.29, 0.717) is 12.0 Å². The first kappa shape index (κ1) is 101. The molecule has 0 bridgehead atoms. The van der Waals surface area contributed by atoms with Crippen molar-refractivity contribution in [2.75, 3.05) is 39.3 Å². The zero-order chi connectivity index (χ0) is 86.8. The molecule has 0 spiro atoms. The Hall–Kier alpha value is -9.54. The molecule has 1 fully saturated rings. The first-order valence-electron chi connectivity index (χ1n) is 39.2. The number of ketones is 3. The maximum absolute atomic E-state index is 15.4. The molecule has 1 aromatic rings. The maximum atomic E-state index is 15.4. The lowest BCUT2D eigenvalue weighted by atomic mass is 9.90. The Kier molecular flexibility index (Phi) is 41.8. The summed E-state index contributed by atoms with van der Waals surface area (Å²) in [7, 11) is 0. The quantitative estimate of drug-likeness (QED) is 0.0348. The minimum atomic E-state index is -1.85. The van der Waals surface area contributed by atoms with E-state index in [1.807, 2.05) is 0 Å². The molecule has 0 aliphatic carbocycles. The van der Waals surface area contributed by atoms with E-state index in [-0.39, 0.29) is 64.1 Å². The van der Waals surface area contributed by atoms with E-state index in [4.69, 9.17) is 23.7 Å². The lowest BCUT2D eigenvalue weighted by molar-refractivity contribution is -0.154. The zero-order valence-electron chi connectivity index (χ0n) is 70.3. The van der Waals surface area contributed by atoms with Crippen molar-refractivity contribution in [3.05, 3.63) is 35.9 Å². The van der Waals surface area contributed by atoms with Crippen molar-refractivity contribution in [1.82, 2.24) is 63.8 Å². The van der Waals surface area contributed by atoms with Crippen LogP contribution in [0.1, 0.15) is 221 Å². The Morgan fingerprint density at radius 1 is 0.526 bits per heavy atom. The molecule has 2 rings (SSSR count). The Morgan fingerprint density at radius 2 is 0.991 bits per heavy atom. The molecule has 1 aliphatic heterocycles. The van der Waals surface area contributed by atoms with E-state index in [9.17, 15) is 67.7 Å². The molecular formula is C79H130N12O23. The van der Waals surface area contributed by atoms with Gasteiger partial charge in [-0.25, -0.2) is 19.2 Å². The second kappa shape index (κ2) is 47.3. The van der Waals surface area contributed by atoms with Crippen molar-refractivity contribution < 1.29 is 111 Å². The number of ether oxygens (including phenoxy) is 5. The van der Waals surface area contributed by atoms with Crippen LogP contribution < -0.4 is 63.8 Å². The fourth-order valence-corrected chi connectivity index (χ4v) is 11.3. The van der Waals surface area contributed by atoms with Gasteiger partial charge in [0.15, 0.2) is 17.3 Å². The standard InChI is InChI=1S/C79H130N12O23/c1-21-52(85-61(97)33-39-110-70(105)79(19,20)22-2)60(96)44-51(46(5)92)65(100)86-53(30-36-82-72(107)112-76(10,11)12)58(94)42-49-28-34-80-69(104)62(47(6)93)91-64(99)50(29-35-81-71(106)111-75(7,8)9)43-59(95)54(31-37-83-73(108)113-77(13,14)15)87-67(102)56(40-45(3)4)89-68(103)57(41-48-26-24-23-25-27-48)90-66(101)55(88-63(49)98)32-38-84-74(109)114-78(16,17)18/h23-27,45-47,49-57,62,92-93H,21-22,28-44H2,1-20H3,(H,80,104)(H,81,106)(H,82,107)(H,83,108)(H,84,109)(H,85,97)(H,86,100)(H,87,102)(H,88,98)(H,89,103)(H,90,101)(H,91,99)/t46?,47?,49-,50-,51+,52+,53+,54+,55+,56+,57-,62+/m1/s1. The SMILES string of the molecule is CC[C@H](NC(=O)CCOC(=O)C(C)(C)CC)C(=O)C[C@H](C(=O)N[C@@H](CCNC(=O)OC(C)(C)C)C(=O)C[C@H]1CCNC(=O)[C@H](C(C)O)NC(=O)[C@H](CCNC(=O)OC(C)(C)C)CC(=O)[C@H](CCNC(=O)OC(C)(C)C)NC(=O)[C@H](CC(C)C)NC(=O)[C@@H](Cc2ccccc2)NC(=O)[C@H](CCNC(=O)OC(C)(C)C)NC1=O)C(C)O. The Morgan fingerprint density at radius 3 is 1.48 bits per heavy atom. The first-order chi connectivity index (χ1) is 52.7. The molecule has 12 amide bonds. The lowest BCUT2D eigenvalue weighted by Crippen LogP contribution is -2.59. The van der Waals surface area contributed by atoms with Gasteiger partial charge < -0.3 is 97.7 Å². The number of carbonyl (C=O) groups is 16. The molecular weight excluding hydrogens is 1480 g/mol. The molecule has 14 N–H and O–H groups in total. The van der Waals surface area contributed by atoms with Crippen molar-refractivity contribution in [3.63, 3.8) is 0 Å². The average molecular weight is 1620 g/mol. The van der Waals surface area contributed by atoms with E-state index >= 15 is 19.2 Å². The number of rotatable bonds is 33. The van der Waals surface area contributed by atoms with Gasteiger partial charge in [-0.1, -0.05) is 58.0 Å². The molecule has 114 heavy (non-hydrogen) atoms. The van der Waals surface area contributed by atoms with Crippen molar-refractivity contribution in [1.29, 1.82) is 0 Å². The summed E-state index contributed by atoms with van der Waals surface area (Å²) in [6, 6.07) is -2.79. The van der Waals surface area contributed by atoms with Crippen LogP contribution in [0.25, 0.3) is 0 Å². The van der Waals surface area contributed by atoms with E-state index < -0.39 is 253 Å². The van der Waals surface area contributed by atoms with Gasteiger partial charge in [-0.3, -0.25) is 57.5 Å². The molecule has 12 atom stereocenters. The summed E-state index contributed by atoms with van der Waals surface area (Å²) in [6.45, 7) is 29.6. The zero-order valence-corrected chi connectivity index (χ0v) is 70.3. The third-order valence-corrected chi connectivity index (χ3v) is 17.7. The Labute approximate surface area is 669 Å². The van der Waals surface area contributed by atoms with Crippen LogP contribution in [0.3, 0.4) is 0 Å². The van der Waals surface area contributed by atoms with Crippen molar-refractivity contribution >= 4 is 94.9 Å². The van der Waals surface area contributed by atoms with Gasteiger partial charge in [-0.15, -0.1) is 0 Å². The largest absolute Gasteiger partial charge is 0.465 e. The third kappa shape index (κ3) is 40.5. The van der Waals surface area contributed by atoms with E-state index in [1.54, 1.807) is 155 Å². The Balaban J connectivity index is 3.06. The van der Waals surface area contributed by atoms with Crippen LogP contribution in [-0.4, -0.2) is 221 Å². The maximum Gasteiger partial charge on any atom is 0.407 e. The number of amides is 12. The van der Waals surface area contributed by atoms with Crippen LogP contribution in [0, 0.1) is 29.1 Å². The number of Topliss-reactive ketones (excluding diaryl/α,β-unsaturated/α-hetero) is 3. The fourth-order valence-electron chi connectivity index (χ4n) is 11.3. The highest BCUT2D eigenvalue weighted by Gasteiger charge is 2.40. The van der Waals surface area contributed by atoms with Crippen LogP contribution in [0.2, 0.25) is 0 Å².